The first-order chi connectivity index (χ1) is 14.5. The van der Waals surface area contributed by atoms with Gasteiger partial charge in [-0.15, -0.1) is 0 Å². The first-order valence-electron chi connectivity index (χ1n) is 9.25. The molecule has 0 spiro atoms. The molecule has 0 bridgehead atoms. The third-order valence-electron chi connectivity index (χ3n) is 4.60. The zero-order valence-corrected chi connectivity index (χ0v) is 20.4. The normalized spacial score (nSPS) is 14.6. The van der Waals surface area contributed by atoms with Gasteiger partial charge in [-0.3, -0.25) is 0 Å². The summed E-state index contributed by atoms with van der Waals surface area (Å²) in [6, 6.07) is 21.5. The highest BCUT2D eigenvalue weighted by Gasteiger charge is 2.24. The summed E-state index contributed by atoms with van der Waals surface area (Å²) in [5, 5.41) is 0. The molecule has 4 nitrogen and oxygen atoms in total. The van der Waals surface area contributed by atoms with Gasteiger partial charge >= 0.3 is 5.97 Å². The molecule has 0 radical (unpaired) electrons. The minimum atomic E-state index is -0.446. The number of hydrogen-bond acceptors (Lipinski definition) is 4. The number of hydrogen-bond donors (Lipinski definition) is 0. The lowest BCUT2D eigenvalue weighted by Crippen LogP contribution is -2.05. The molecule has 0 fully saturated rings. The van der Waals surface area contributed by atoms with E-state index in [0.717, 1.165) is 29.6 Å². The largest absolute Gasteiger partial charge is 0.487 e. The molecule has 0 aromatic heterocycles. The van der Waals surface area contributed by atoms with Crippen molar-refractivity contribution in [2.45, 2.75) is 13.5 Å². The summed E-state index contributed by atoms with van der Waals surface area (Å²) in [6.07, 6.45) is 1.74. The third-order valence-corrected chi connectivity index (χ3v) is 6.20. The molecule has 0 unspecified atom stereocenters. The molecule has 0 saturated carbocycles. The predicted octanol–water partition coefficient (Wildman–Crippen LogP) is 6.13. The second-order valence-corrected chi connectivity index (χ2v) is 9.06. The van der Waals surface area contributed by atoms with Crippen LogP contribution in [0.4, 0.5) is 0 Å². The van der Waals surface area contributed by atoms with Crippen LogP contribution < -0.4 is 4.74 Å². The summed E-state index contributed by atoms with van der Waals surface area (Å²) >= 11 is 4.51. The lowest BCUT2D eigenvalue weighted by molar-refractivity contribution is -0.129. The van der Waals surface area contributed by atoms with Crippen molar-refractivity contribution in [2.75, 3.05) is 0 Å². The second kappa shape index (κ2) is 9.30. The zero-order valence-electron chi connectivity index (χ0n) is 16.1. The highest BCUT2D eigenvalue weighted by Crippen LogP contribution is 2.31. The summed E-state index contributed by atoms with van der Waals surface area (Å²) in [4.78, 5) is 16.6. The second-order valence-electron chi connectivity index (χ2n) is 6.73. The van der Waals surface area contributed by atoms with Crippen molar-refractivity contribution in [3.8, 4) is 5.75 Å². The van der Waals surface area contributed by atoms with Gasteiger partial charge in [0, 0.05) is 5.56 Å². The highest BCUT2D eigenvalue weighted by atomic mass is 127. The fourth-order valence-corrected chi connectivity index (χ4v) is 5.12. The van der Waals surface area contributed by atoms with Gasteiger partial charge in [-0.2, -0.15) is 0 Å². The molecule has 0 saturated heterocycles. The van der Waals surface area contributed by atoms with Crippen LogP contribution in [0, 0.1) is 14.1 Å². The maximum atomic E-state index is 12.3. The van der Waals surface area contributed by atoms with Crippen molar-refractivity contribution in [1.82, 2.24) is 0 Å². The van der Waals surface area contributed by atoms with Crippen LogP contribution in [0.15, 0.2) is 77.4 Å². The van der Waals surface area contributed by atoms with Crippen LogP contribution in [0.2, 0.25) is 0 Å². The molecule has 6 heteroatoms. The quantitative estimate of drug-likeness (QED) is 0.196. The van der Waals surface area contributed by atoms with Crippen LogP contribution in [-0.4, -0.2) is 11.9 Å². The Labute approximate surface area is 202 Å². The van der Waals surface area contributed by atoms with Crippen LogP contribution in [-0.2, 0) is 16.1 Å². The van der Waals surface area contributed by atoms with E-state index in [1.165, 1.54) is 5.56 Å². The summed E-state index contributed by atoms with van der Waals surface area (Å²) in [5.41, 5.74) is 4.30. The Hall–Kier alpha value is -2.20. The number of esters is 1. The van der Waals surface area contributed by atoms with Crippen LogP contribution in [0.1, 0.15) is 22.3 Å². The smallest absolute Gasteiger partial charge is 0.363 e. The SMILES string of the molecule is Cc1ccccc1COc1c(I)cc(/C=C2\N=C(c3ccccc3)OC2=O)cc1I. The maximum absolute atomic E-state index is 12.3. The minimum absolute atomic E-state index is 0.286. The van der Waals surface area contributed by atoms with Gasteiger partial charge in [0.15, 0.2) is 5.70 Å². The Morgan fingerprint density at radius 2 is 1.67 bits per heavy atom. The molecule has 150 valence electrons. The van der Waals surface area contributed by atoms with Gasteiger partial charge in [-0.1, -0.05) is 42.5 Å². The van der Waals surface area contributed by atoms with E-state index in [9.17, 15) is 4.79 Å². The van der Waals surface area contributed by atoms with E-state index >= 15 is 0 Å². The molecule has 0 atom stereocenters. The number of aliphatic imine (C=N–C) groups is 1. The number of carbonyl (C=O) groups is 1. The molecule has 1 heterocycles. The molecule has 1 aliphatic rings. The zero-order chi connectivity index (χ0) is 21.1. The van der Waals surface area contributed by atoms with Gasteiger partial charge in [-0.05, 0) is 99.1 Å². The lowest BCUT2D eigenvalue weighted by atomic mass is 10.1. The molecule has 0 amide bonds. The number of aryl methyl sites for hydroxylation is 1. The predicted molar refractivity (Wildman–Crippen MR) is 134 cm³/mol. The number of rotatable bonds is 5. The topological polar surface area (TPSA) is 47.9 Å². The van der Waals surface area contributed by atoms with Crippen LogP contribution in [0.3, 0.4) is 0 Å². The minimum Gasteiger partial charge on any atom is -0.487 e. The lowest BCUT2D eigenvalue weighted by Gasteiger charge is -2.13. The molecule has 4 rings (SSSR count). The Balaban J connectivity index is 1.56. The van der Waals surface area contributed by atoms with E-state index in [1.54, 1.807) is 6.08 Å². The average Bonchev–Trinajstić information content (AvgIpc) is 3.09. The van der Waals surface area contributed by atoms with E-state index in [0.29, 0.717) is 12.5 Å². The summed E-state index contributed by atoms with van der Waals surface area (Å²) in [5.74, 6) is 0.720. The number of nitrogens with zero attached hydrogens (tertiary/aromatic N) is 1. The highest BCUT2D eigenvalue weighted by molar-refractivity contribution is 14.1. The summed E-state index contributed by atoms with van der Waals surface area (Å²) < 4.78 is 13.4. The fourth-order valence-electron chi connectivity index (χ4n) is 2.99. The Morgan fingerprint density at radius 1 is 1.00 bits per heavy atom. The van der Waals surface area contributed by atoms with E-state index in [4.69, 9.17) is 9.47 Å². The van der Waals surface area contributed by atoms with Crippen LogP contribution in [0.25, 0.3) is 6.08 Å². The van der Waals surface area contributed by atoms with Crippen molar-refractivity contribution in [2.24, 2.45) is 4.99 Å². The molecule has 3 aromatic rings. The van der Waals surface area contributed by atoms with Crippen molar-refractivity contribution >= 4 is 63.1 Å². The standard InChI is InChI=1S/C24H17I2NO3/c1-15-7-5-6-10-18(15)14-29-22-19(25)11-16(12-20(22)26)13-21-24(28)30-23(27-21)17-8-3-2-4-9-17/h2-13H,14H2,1H3/b21-13-. The molecule has 3 aromatic carbocycles. The van der Waals surface area contributed by atoms with Crippen LogP contribution in [0.5, 0.6) is 5.75 Å². The number of benzene rings is 3. The van der Waals surface area contributed by atoms with Gasteiger partial charge in [0.25, 0.3) is 0 Å². The van der Waals surface area contributed by atoms with Crippen molar-refractivity contribution in [3.05, 3.63) is 102 Å². The van der Waals surface area contributed by atoms with Gasteiger partial charge in [0.05, 0.1) is 7.14 Å². The van der Waals surface area contributed by atoms with Crippen molar-refractivity contribution in [1.29, 1.82) is 0 Å². The Kier molecular flexibility index (Phi) is 6.52. The monoisotopic (exact) mass is 621 g/mol. The number of ether oxygens (including phenoxy) is 2. The first-order valence-corrected chi connectivity index (χ1v) is 11.4. The molecular formula is C24H17I2NO3. The number of carbonyl (C=O) groups excluding carboxylic acids is 1. The fraction of sp³-hybridized carbons (Fsp3) is 0.0833. The number of cyclic esters (lactones) is 1. The average molecular weight is 621 g/mol. The van der Waals surface area contributed by atoms with Gasteiger partial charge < -0.3 is 9.47 Å². The molecule has 0 aliphatic carbocycles. The molecule has 30 heavy (non-hydrogen) atoms. The van der Waals surface area contributed by atoms with Gasteiger partial charge in [0.2, 0.25) is 5.90 Å². The molecule has 0 N–H and O–H groups in total. The third kappa shape index (κ3) is 4.75. The van der Waals surface area contributed by atoms with Gasteiger partial charge in [-0.25, -0.2) is 9.79 Å². The van der Waals surface area contributed by atoms with E-state index in [2.05, 4.69) is 69.2 Å². The maximum Gasteiger partial charge on any atom is 0.363 e. The van der Waals surface area contributed by atoms with E-state index in [1.807, 2.05) is 54.6 Å². The molecular weight excluding hydrogens is 604 g/mol. The van der Waals surface area contributed by atoms with Crippen molar-refractivity contribution < 1.29 is 14.3 Å². The Morgan fingerprint density at radius 3 is 2.37 bits per heavy atom. The van der Waals surface area contributed by atoms with Gasteiger partial charge in [0.1, 0.15) is 12.4 Å². The van der Waals surface area contributed by atoms with E-state index < -0.39 is 5.97 Å². The van der Waals surface area contributed by atoms with Crippen LogP contribution >= 0.6 is 45.2 Å². The number of halogens is 2. The Bertz CT molecular complexity index is 1150. The summed E-state index contributed by atoms with van der Waals surface area (Å²) in [6.45, 7) is 2.59. The molecule has 1 aliphatic heterocycles. The summed E-state index contributed by atoms with van der Waals surface area (Å²) in [7, 11) is 0. The van der Waals surface area contributed by atoms with E-state index in [-0.39, 0.29) is 5.70 Å². The van der Waals surface area contributed by atoms with Crippen molar-refractivity contribution in [3.63, 3.8) is 0 Å². The first kappa shape index (κ1) is 21.0.